The first kappa shape index (κ1) is 15.5. The molecule has 4 bridgehead atoms. The molecule has 4 fully saturated rings. The maximum Gasteiger partial charge on any atom is 0.279 e. The summed E-state index contributed by atoms with van der Waals surface area (Å²) in [6.07, 6.45) is 4.97. The van der Waals surface area contributed by atoms with Crippen LogP contribution in [0.25, 0.3) is 0 Å². The van der Waals surface area contributed by atoms with Gasteiger partial charge in [0.15, 0.2) is 0 Å². The van der Waals surface area contributed by atoms with Crippen molar-refractivity contribution in [3.8, 4) is 0 Å². The first-order chi connectivity index (χ1) is 11.2. The van der Waals surface area contributed by atoms with E-state index in [-0.39, 0.29) is 22.4 Å². The van der Waals surface area contributed by atoms with Crippen molar-refractivity contribution in [2.75, 3.05) is 0 Å². The van der Waals surface area contributed by atoms with Crippen LogP contribution in [0.4, 0.5) is 11.4 Å². The van der Waals surface area contributed by atoms with Crippen LogP contribution in [0.3, 0.4) is 0 Å². The Morgan fingerprint density at radius 3 is 1.96 bits per heavy atom. The number of benzene rings is 1. The van der Waals surface area contributed by atoms with Gasteiger partial charge >= 0.3 is 0 Å². The van der Waals surface area contributed by atoms with Gasteiger partial charge < -0.3 is 5.11 Å². The van der Waals surface area contributed by atoms with E-state index >= 15 is 0 Å². The molecule has 0 heterocycles. The minimum Gasteiger partial charge on any atom is -0.390 e. The fraction of sp³-hybridized carbons (Fsp3) is 0.647. The molecule has 0 radical (unpaired) electrons. The predicted octanol–water partition coefficient (Wildman–Crippen LogP) is 3.39. The van der Waals surface area contributed by atoms with Crippen LogP contribution >= 0.6 is 0 Å². The van der Waals surface area contributed by atoms with E-state index in [2.05, 4.69) is 0 Å². The fourth-order valence-corrected chi connectivity index (χ4v) is 5.92. The van der Waals surface area contributed by atoms with Crippen molar-refractivity contribution in [2.45, 2.75) is 56.5 Å². The molecule has 1 aromatic rings. The molecular formula is C17H20N2O5. The van der Waals surface area contributed by atoms with Gasteiger partial charge in [-0.2, -0.15) is 0 Å². The van der Waals surface area contributed by atoms with Crippen LogP contribution in [-0.4, -0.2) is 20.6 Å². The van der Waals surface area contributed by atoms with Crippen LogP contribution in [0.5, 0.6) is 0 Å². The first-order valence-electron chi connectivity index (χ1n) is 8.38. The summed E-state index contributed by atoms with van der Waals surface area (Å²) in [5.41, 5.74) is -0.694. The maximum absolute atomic E-state index is 11.4. The summed E-state index contributed by atoms with van der Waals surface area (Å²) in [5.74, 6) is 0.825. The molecular weight excluding hydrogens is 312 g/mol. The van der Waals surface area contributed by atoms with E-state index < -0.39 is 15.4 Å². The maximum atomic E-state index is 11.4. The quantitative estimate of drug-likeness (QED) is 0.674. The van der Waals surface area contributed by atoms with Gasteiger partial charge in [-0.05, 0) is 68.3 Å². The number of nitro benzene ring substituents is 2. The van der Waals surface area contributed by atoms with Crippen LogP contribution in [0.15, 0.2) is 12.1 Å². The van der Waals surface area contributed by atoms with Crippen molar-refractivity contribution in [2.24, 2.45) is 11.8 Å². The van der Waals surface area contributed by atoms with Gasteiger partial charge in [-0.15, -0.1) is 0 Å². The zero-order valence-electron chi connectivity index (χ0n) is 13.5. The molecule has 2 unspecified atom stereocenters. The van der Waals surface area contributed by atoms with Crippen molar-refractivity contribution in [3.63, 3.8) is 0 Å². The van der Waals surface area contributed by atoms with Gasteiger partial charge in [0.25, 0.3) is 11.4 Å². The van der Waals surface area contributed by atoms with Crippen LogP contribution in [-0.2, 0) is 5.41 Å². The van der Waals surface area contributed by atoms with E-state index in [1.165, 1.54) is 19.1 Å². The second-order valence-electron chi connectivity index (χ2n) is 8.12. The number of aliphatic hydroxyl groups is 1. The highest BCUT2D eigenvalue weighted by Gasteiger charge is 2.58. The normalized spacial score (nSPS) is 36.8. The third-order valence-electron chi connectivity index (χ3n) is 6.39. The zero-order valence-corrected chi connectivity index (χ0v) is 13.5. The molecule has 0 aliphatic heterocycles. The molecule has 7 nitrogen and oxygen atoms in total. The number of nitro groups is 2. The van der Waals surface area contributed by atoms with Gasteiger partial charge in [0.1, 0.15) is 5.56 Å². The van der Waals surface area contributed by atoms with Crippen LogP contribution < -0.4 is 0 Å². The van der Waals surface area contributed by atoms with E-state index in [1.807, 2.05) is 0 Å². The lowest BCUT2D eigenvalue weighted by Gasteiger charge is -2.60. The summed E-state index contributed by atoms with van der Waals surface area (Å²) in [6.45, 7) is 1.42. The Kier molecular flexibility index (Phi) is 3.07. The minimum absolute atomic E-state index is 0.0946. The predicted molar refractivity (Wildman–Crippen MR) is 85.8 cm³/mol. The molecule has 0 spiro atoms. The van der Waals surface area contributed by atoms with Crippen LogP contribution in [0.1, 0.15) is 49.7 Å². The second-order valence-corrected chi connectivity index (χ2v) is 8.12. The molecule has 4 aliphatic carbocycles. The molecule has 24 heavy (non-hydrogen) atoms. The number of hydrogen-bond donors (Lipinski definition) is 1. The van der Waals surface area contributed by atoms with Gasteiger partial charge in [0.05, 0.1) is 15.4 Å². The lowest BCUT2D eigenvalue weighted by Crippen LogP contribution is -2.57. The van der Waals surface area contributed by atoms with E-state index in [1.54, 1.807) is 0 Å². The third-order valence-corrected chi connectivity index (χ3v) is 6.39. The summed E-state index contributed by atoms with van der Waals surface area (Å²) >= 11 is 0. The fourth-order valence-electron chi connectivity index (χ4n) is 5.92. The molecule has 0 aromatic heterocycles. The summed E-state index contributed by atoms with van der Waals surface area (Å²) < 4.78 is 0. The number of hydrogen-bond acceptors (Lipinski definition) is 5. The van der Waals surface area contributed by atoms with Crippen LogP contribution in [0.2, 0.25) is 0 Å². The smallest absolute Gasteiger partial charge is 0.279 e. The Morgan fingerprint density at radius 1 is 1.04 bits per heavy atom. The molecule has 4 saturated carbocycles. The molecule has 1 aromatic carbocycles. The monoisotopic (exact) mass is 332 g/mol. The average Bonchev–Trinajstić information content (AvgIpc) is 2.43. The van der Waals surface area contributed by atoms with Gasteiger partial charge in [0, 0.05) is 12.1 Å². The third kappa shape index (κ3) is 2.14. The average molecular weight is 332 g/mol. The van der Waals surface area contributed by atoms with Gasteiger partial charge in [-0.1, -0.05) is 0 Å². The van der Waals surface area contributed by atoms with Gasteiger partial charge in [-0.25, -0.2) is 0 Å². The van der Waals surface area contributed by atoms with Crippen molar-refractivity contribution in [3.05, 3.63) is 43.5 Å². The highest BCUT2D eigenvalue weighted by molar-refractivity contribution is 5.57. The topological polar surface area (TPSA) is 107 Å². The second kappa shape index (κ2) is 4.75. The van der Waals surface area contributed by atoms with Crippen molar-refractivity contribution >= 4 is 11.4 Å². The summed E-state index contributed by atoms with van der Waals surface area (Å²) in [5, 5.41) is 33.6. The number of rotatable bonds is 3. The van der Waals surface area contributed by atoms with Crippen molar-refractivity contribution in [1.82, 2.24) is 0 Å². The Bertz CT molecular complexity index is 710. The summed E-state index contributed by atoms with van der Waals surface area (Å²) in [7, 11) is 0. The SMILES string of the molecule is Cc1c([N+](=O)[O-])cc(C23CC4CC(CC(O)(C4)C2)C3)cc1[N+](=O)[O-]. The Labute approximate surface area is 139 Å². The van der Waals surface area contributed by atoms with Gasteiger partial charge in [-0.3, -0.25) is 20.2 Å². The zero-order chi connectivity index (χ0) is 17.3. The highest BCUT2D eigenvalue weighted by Crippen LogP contribution is 2.62. The Hall–Kier alpha value is -2.02. The molecule has 5 rings (SSSR count). The van der Waals surface area contributed by atoms with E-state index in [9.17, 15) is 25.3 Å². The largest absolute Gasteiger partial charge is 0.390 e. The lowest BCUT2D eigenvalue weighted by molar-refractivity contribution is -0.395. The number of nitrogens with zero attached hydrogens (tertiary/aromatic N) is 2. The van der Waals surface area contributed by atoms with Crippen LogP contribution in [0, 0.1) is 39.0 Å². The molecule has 2 atom stereocenters. The Balaban J connectivity index is 1.87. The van der Waals surface area contributed by atoms with Gasteiger partial charge in [0.2, 0.25) is 0 Å². The van der Waals surface area contributed by atoms with Crippen molar-refractivity contribution in [1.29, 1.82) is 0 Å². The van der Waals surface area contributed by atoms with E-state index in [0.29, 0.717) is 23.8 Å². The lowest BCUT2D eigenvalue weighted by atomic mass is 9.46. The standard InChI is InChI=1S/C17H20N2O5/c1-10-14(18(21)22)3-13(4-15(10)19(23)24)16-5-11-2-12(6-16)8-17(20,7-11)9-16/h3-4,11-12,20H,2,5-9H2,1H3. The summed E-state index contributed by atoms with van der Waals surface area (Å²) in [4.78, 5) is 21.7. The molecule has 0 saturated heterocycles. The Morgan fingerprint density at radius 2 is 1.54 bits per heavy atom. The molecule has 4 aliphatic rings. The molecule has 7 heteroatoms. The summed E-state index contributed by atoms with van der Waals surface area (Å²) in [6, 6.07) is 3.03. The minimum atomic E-state index is -0.710. The van der Waals surface area contributed by atoms with Crippen molar-refractivity contribution < 1.29 is 15.0 Å². The molecule has 0 amide bonds. The molecule has 128 valence electrons. The van der Waals surface area contributed by atoms with E-state index in [4.69, 9.17) is 0 Å². The van der Waals surface area contributed by atoms with E-state index in [0.717, 1.165) is 32.1 Å². The molecule has 1 N–H and O–H groups in total. The first-order valence-corrected chi connectivity index (χ1v) is 8.38. The highest BCUT2D eigenvalue weighted by atomic mass is 16.6.